The molecule has 0 saturated carbocycles. The second-order valence-corrected chi connectivity index (χ2v) is 6.03. The third-order valence-corrected chi connectivity index (χ3v) is 2.90. The van der Waals surface area contributed by atoms with E-state index in [0.717, 1.165) is 18.7 Å². The van der Waals surface area contributed by atoms with Crippen LogP contribution in [0.2, 0.25) is 0 Å². The van der Waals surface area contributed by atoms with E-state index in [4.69, 9.17) is 9.47 Å². The van der Waals surface area contributed by atoms with Crippen LogP contribution in [0.3, 0.4) is 0 Å². The molecule has 116 valence electrons. The molecule has 1 amide bonds. The summed E-state index contributed by atoms with van der Waals surface area (Å²) in [6.07, 6.45) is 0.231. The molecule has 1 aliphatic heterocycles. The molecule has 1 aliphatic rings. The molecule has 1 aromatic rings. The summed E-state index contributed by atoms with van der Waals surface area (Å²) in [5.74, 6) is -0.505. The number of benzene rings is 1. The first kappa shape index (κ1) is 15.6. The molecular weight excluding hydrogens is 275 g/mol. The van der Waals surface area contributed by atoms with Crippen molar-refractivity contribution in [2.75, 3.05) is 23.8 Å². The maximum atomic E-state index is 13.8. The fourth-order valence-corrected chi connectivity index (χ4v) is 2.01. The summed E-state index contributed by atoms with van der Waals surface area (Å²) in [6, 6.07) is 4.71. The monoisotopic (exact) mass is 296 g/mol. The summed E-state index contributed by atoms with van der Waals surface area (Å²) in [5, 5.41) is 5.67. The molecule has 6 heteroatoms. The Bertz CT molecular complexity index is 508. The minimum atomic E-state index is -0.678. The molecule has 1 unspecified atom stereocenters. The van der Waals surface area contributed by atoms with E-state index in [-0.39, 0.29) is 11.7 Å². The lowest BCUT2D eigenvalue weighted by Crippen LogP contribution is -2.27. The van der Waals surface area contributed by atoms with Crippen LogP contribution in [0.1, 0.15) is 27.2 Å². The summed E-state index contributed by atoms with van der Waals surface area (Å²) >= 11 is 0. The predicted molar refractivity (Wildman–Crippen MR) is 79.1 cm³/mol. The normalized spacial score (nSPS) is 18.4. The SMILES string of the molecule is CC(C)(C)OC(=O)Nc1cc(NC2CCOC2)ccc1F. The maximum absolute atomic E-state index is 13.8. The van der Waals surface area contributed by atoms with Crippen LogP contribution in [-0.4, -0.2) is 30.9 Å². The van der Waals surface area contributed by atoms with Crippen molar-refractivity contribution in [3.8, 4) is 0 Å². The molecule has 1 atom stereocenters. The number of anilines is 2. The van der Waals surface area contributed by atoms with Crippen molar-refractivity contribution < 1.29 is 18.7 Å². The summed E-state index contributed by atoms with van der Waals surface area (Å²) in [5.41, 5.74) is 0.198. The summed E-state index contributed by atoms with van der Waals surface area (Å²) in [4.78, 5) is 11.7. The minimum absolute atomic E-state index is 0.0909. The highest BCUT2D eigenvalue weighted by Gasteiger charge is 2.19. The highest BCUT2D eigenvalue weighted by atomic mass is 19.1. The van der Waals surface area contributed by atoms with Gasteiger partial charge in [-0.05, 0) is 45.4 Å². The Labute approximate surface area is 123 Å². The first-order chi connectivity index (χ1) is 9.83. The Hall–Kier alpha value is -1.82. The third kappa shape index (κ3) is 4.90. The van der Waals surface area contributed by atoms with Crippen LogP contribution in [0.5, 0.6) is 0 Å². The van der Waals surface area contributed by atoms with Gasteiger partial charge in [0.1, 0.15) is 11.4 Å². The van der Waals surface area contributed by atoms with Gasteiger partial charge in [-0.15, -0.1) is 0 Å². The number of hydrogen-bond donors (Lipinski definition) is 2. The molecular formula is C15H21FN2O3. The van der Waals surface area contributed by atoms with E-state index in [0.29, 0.717) is 6.61 Å². The Kier molecular flexibility index (Phi) is 4.67. The molecule has 0 aromatic heterocycles. The van der Waals surface area contributed by atoms with Gasteiger partial charge in [-0.1, -0.05) is 0 Å². The number of rotatable bonds is 3. The number of carbonyl (C=O) groups is 1. The van der Waals surface area contributed by atoms with E-state index in [9.17, 15) is 9.18 Å². The van der Waals surface area contributed by atoms with Gasteiger partial charge in [0.25, 0.3) is 0 Å². The topological polar surface area (TPSA) is 59.6 Å². The molecule has 5 nitrogen and oxygen atoms in total. The van der Waals surface area contributed by atoms with Gasteiger partial charge >= 0.3 is 6.09 Å². The fourth-order valence-electron chi connectivity index (χ4n) is 2.01. The zero-order valence-corrected chi connectivity index (χ0v) is 12.5. The number of hydrogen-bond acceptors (Lipinski definition) is 4. The van der Waals surface area contributed by atoms with Crippen molar-refractivity contribution in [1.29, 1.82) is 0 Å². The lowest BCUT2D eigenvalue weighted by Gasteiger charge is -2.20. The predicted octanol–water partition coefficient (Wildman–Crippen LogP) is 3.37. The van der Waals surface area contributed by atoms with Crippen molar-refractivity contribution in [3.05, 3.63) is 24.0 Å². The largest absolute Gasteiger partial charge is 0.444 e. The van der Waals surface area contributed by atoms with Gasteiger partial charge in [0.05, 0.1) is 18.3 Å². The Morgan fingerprint density at radius 2 is 2.19 bits per heavy atom. The quantitative estimate of drug-likeness (QED) is 0.897. The summed E-state index contributed by atoms with van der Waals surface area (Å²) in [7, 11) is 0. The van der Waals surface area contributed by atoms with Gasteiger partial charge in [-0.3, -0.25) is 5.32 Å². The van der Waals surface area contributed by atoms with Crippen LogP contribution >= 0.6 is 0 Å². The number of amides is 1. The van der Waals surface area contributed by atoms with Gasteiger partial charge in [0.15, 0.2) is 0 Å². The van der Waals surface area contributed by atoms with Gasteiger partial charge in [-0.25, -0.2) is 9.18 Å². The standard InChI is InChI=1S/C15H21FN2O3/c1-15(2,3)21-14(19)18-13-8-10(4-5-12(13)16)17-11-6-7-20-9-11/h4-5,8,11,17H,6-7,9H2,1-3H3,(H,18,19). The lowest BCUT2D eigenvalue weighted by molar-refractivity contribution is 0.0635. The second kappa shape index (κ2) is 6.30. The van der Waals surface area contributed by atoms with E-state index in [1.807, 2.05) is 0 Å². The molecule has 0 aliphatic carbocycles. The minimum Gasteiger partial charge on any atom is -0.444 e. The average Bonchev–Trinajstić information content (AvgIpc) is 2.84. The van der Waals surface area contributed by atoms with Crippen molar-refractivity contribution in [2.45, 2.75) is 38.8 Å². The van der Waals surface area contributed by atoms with E-state index in [1.165, 1.54) is 6.07 Å². The van der Waals surface area contributed by atoms with Crippen molar-refractivity contribution in [3.63, 3.8) is 0 Å². The van der Waals surface area contributed by atoms with Gasteiger partial charge in [-0.2, -0.15) is 0 Å². The Morgan fingerprint density at radius 3 is 2.81 bits per heavy atom. The lowest BCUT2D eigenvalue weighted by atomic mass is 10.2. The first-order valence-corrected chi connectivity index (χ1v) is 6.97. The van der Waals surface area contributed by atoms with Crippen LogP contribution < -0.4 is 10.6 Å². The van der Waals surface area contributed by atoms with Crippen LogP contribution in [0.4, 0.5) is 20.6 Å². The third-order valence-electron chi connectivity index (χ3n) is 2.90. The zero-order valence-electron chi connectivity index (χ0n) is 12.5. The highest BCUT2D eigenvalue weighted by Crippen LogP contribution is 2.22. The molecule has 21 heavy (non-hydrogen) atoms. The van der Waals surface area contributed by atoms with Crippen LogP contribution in [0.25, 0.3) is 0 Å². The highest BCUT2D eigenvalue weighted by molar-refractivity contribution is 5.85. The number of halogens is 1. The smallest absolute Gasteiger partial charge is 0.412 e. The molecule has 0 radical (unpaired) electrons. The molecule has 1 heterocycles. The molecule has 0 bridgehead atoms. The van der Waals surface area contributed by atoms with E-state index in [2.05, 4.69) is 10.6 Å². The number of ether oxygens (including phenoxy) is 2. The van der Waals surface area contributed by atoms with E-state index in [1.54, 1.807) is 32.9 Å². The maximum Gasteiger partial charge on any atom is 0.412 e. The molecule has 1 aromatic carbocycles. The molecule has 0 spiro atoms. The van der Waals surface area contributed by atoms with Gasteiger partial charge in [0, 0.05) is 12.3 Å². The van der Waals surface area contributed by atoms with Crippen molar-refractivity contribution in [2.24, 2.45) is 0 Å². The Morgan fingerprint density at radius 1 is 1.43 bits per heavy atom. The molecule has 1 fully saturated rings. The van der Waals surface area contributed by atoms with E-state index >= 15 is 0 Å². The van der Waals surface area contributed by atoms with E-state index < -0.39 is 17.5 Å². The first-order valence-electron chi connectivity index (χ1n) is 6.97. The second-order valence-electron chi connectivity index (χ2n) is 6.03. The Balaban J connectivity index is 2.02. The molecule has 2 rings (SSSR count). The van der Waals surface area contributed by atoms with Crippen LogP contribution in [0.15, 0.2) is 18.2 Å². The fraction of sp³-hybridized carbons (Fsp3) is 0.533. The average molecular weight is 296 g/mol. The zero-order chi connectivity index (χ0) is 15.5. The number of nitrogens with one attached hydrogen (secondary N) is 2. The van der Waals surface area contributed by atoms with Crippen molar-refractivity contribution in [1.82, 2.24) is 0 Å². The van der Waals surface area contributed by atoms with Crippen LogP contribution in [-0.2, 0) is 9.47 Å². The van der Waals surface area contributed by atoms with Crippen LogP contribution in [0, 0.1) is 5.82 Å². The number of carbonyl (C=O) groups excluding carboxylic acids is 1. The molecule has 2 N–H and O–H groups in total. The van der Waals surface area contributed by atoms with Crippen molar-refractivity contribution >= 4 is 17.5 Å². The molecule has 1 saturated heterocycles. The summed E-state index contributed by atoms with van der Waals surface area (Å²) in [6.45, 7) is 6.61. The van der Waals surface area contributed by atoms with Gasteiger partial charge in [0.2, 0.25) is 0 Å². The summed E-state index contributed by atoms with van der Waals surface area (Å²) < 4.78 is 24.1. The van der Waals surface area contributed by atoms with Gasteiger partial charge < -0.3 is 14.8 Å².